The molecule has 6 heteroatoms. The Balaban J connectivity index is 2.28. The molecule has 0 aliphatic rings. The molecule has 0 aromatic carbocycles. The van der Waals surface area contributed by atoms with Gasteiger partial charge in [0.1, 0.15) is 5.69 Å². The van der Waals surface area contributed by atoms with E-state index in [0.29, 0.717) is 24.6 Å². The van der Waals surface area contributed by atoms with Crippen molar-refractivity contribution in [3.63, 3.8) is 0 Å². The van der Waals surface area contributed by atoms with Crippen LogP contribution in [0.5, 0.6) is 0 Å². The molecule has 1 aromatic heterocycles. The summed E-state index contributed by atoms with van der Waals surface area (Å²) in [4.78, 5) is 22.2. The standard InChI is InChI=1S/C13H21N3O3/c1-3-10(4-5-12(17)18)6-8-14-13(19)11-7-9-16(2)15-11/h7,9-10H,3-6,8H2,1-2H3,(H,14,19)(H,17,18). The number of carboxylic acids is 1. The van der Waals surface area contributed by atoms with Gasteiger partial charge >= 0.3 is 5.97 Å². The van der Waals surface area contributed by atoms with Gasteiger partial charge in [-0.1, -0.05) is 13.3 Å². The summed E-state index contributed by atoms with van der Waals surface area (Å²) in [6.07, 6.45) is 4.28. The summed E-state index contributed by atoms with van der Waals surface area (Å²) in [5.41, 5.74) is 0.404. The fraction of sp³-hybridized carbons (Fsp3) is 0.615. The van der Waals surface area contributed by atoms with Gasteiger partial charge in [0.2, 0.25) is 0 Å². The van der Waals surface area contributed by atoms with Gasteiger partial charge in [0.25, 0.3) is 5.91 Å². The number of rotatable bonds is 8. The van der Waals surface area contributed by atoms with Gasteiger partial charge < -0.3 is 10.4 Å². The van der Waals surface area contributed by atoms with E-state index in [1.165, 1.54) is 0 Å². The van der Waals surface area contributed by atoms with E-state index in [-0.39, 0.29) is 12.3 Å². The predicted octanol–water partition coefficient (Wildman–Crippen LogP) is 1.43. The van der Waals surface area contributed by atoms with Crippen LogP contribution in [0.4, 0.5) is 0 Å². The van der Waals surface area contributed by atoms with E-state index < -0.39 is 5.97 Å². The Bertz CT molecular complexity index is 429. The Labute approximate surface area is 112 Å². The van der Waals surface area contributed by atoms with Crippen LogP contribution in [0.1, 0.15) is 43.1 Å². The van der Waals surface area contributed by atoms with Crippen molar-refractivity contribution in [2.45, 2.75) is 32.6 Å². The zero-order valence-corrected chi connectivity index (χ0v) is 11.4. The van der Waals surface area contributed by atoms with Crippen molar-refractivity contribution < 1.29 is 14.7 Å². The molecular formula is C13H21N3O3. The topological polar surface area (TPSA) is 84.2 Å². The third-order valence-electron chi connectivity index (χ3n) is 3.13. The first kappa shape index (κ1) is 15.2. The first-order valence-electron chi connectivity index (χ1n) is 6.52. The third-order valence-corrected chi connectivity index (χ3v) is 3.13. The zero-order valence-electron chi connectivity index (χ0n) is 11.4. The number of aryl methyl sites for hydroxylation is 1. The maximum absolute atomic E-state index is 11.7. The Kier molecular flexibility index (Phi) is 6.05. The summed E-state index contributed by atoms with van der Waals surface area (Å²) in [5.74, 6) is -0.621. The van der Waals surface area contributed by atoms with Crippen LogP contribution < -0.4 is 5.32 Å². The Morgan fingerprint density at radius 2 is 2.21 bits per heavy atom. The predicted molar refractivity (Wildman–Crippen MR) is 70.8 cm³/mol. The minimum atomic E-state index is -0.768. The summed E-state index contributed by atoms with van der Waals surface area (Å²) in [5, 5.41) is 15.5. The van der Waals surface area contributed by atoms with Crippen LogP contribution in [-0.2, 0) is 11.8 Å². The molecule has 6 nitrogen and oxygen atoms in total. The highest BCUT2D eigenvalue weighted by Gasteiger charge is 2.11. The normalized spacial score (nSPS) is 12.1. The van der Waals surface area contributed by atoms with Crippen molar-refractivity contribution in [1.82, 2.24) is 15.1 Å². The Morgan fingerprint density at radius 1 is 1.47 bits per heavy atom. The number of aliphatic carboxylic acids is 1. The van der Waals surface area contributed by atoms with Crippen LogP contribution in [0.25, 0.3) is 0 Å². The molecule has 1 rings (SSSR count). The summed E-state index contributed by atoms with van der Waals surface area (Å²) >= 11 is 0. The maximum Gasteiger partial charge on any atom is 0.303 e. The molecular weight excluding hydrogens is 246 g/mol. The van der Waals surface area contributed by atoms with Gasteiger partial charge in [-0.2, -0.15) is 5.10 Å². The van der Waals surface area contributed by atoms with Crippen molar-refractivity contribution in [2.75, 3.05) is 6.54 Å². The largest absolute Gasteiger partial charge is 0.481 e. The second kappa shape index (κ2) is 7.56. The van der Waals surface area contributed by atoms with Gasteiger partial charge in [-0.05, 0) is 24.8 Å². The number of carbonyl (C=O) groups excluding carboxylic acids is 1. The number of nitrogens with one attached hydrogen (secondary N) is 1. The first-order valence-corrected chi connectivity index (χ1v) is 6.52. The molecule has 0 aliphatic carbocycles. The molecule has 0 aliphatic heterocycles. The molecule has 0 saturated heterocycles. The van der Waals surface area contributed by atoms with E-state index >= 15 is 0 Å². The van der Waals surface area contributed by atoms with Crippen LogP contribution in [-0.4, -0.2) is 33.3 Å². The van der Waals surface area contributed by atoms with Crippen LogP contribution in [0, 0.1) is 5.92 Å². The molecule has 106 valence electrons. The van der Waals surface area contributed by atoms with Crippen LogP contribution in [0.2, 0.25) is 0 Å². The molecule has 1 heterocycles. The number of carboxylic acid groups (broad SMARTS) is 1. The number of nitrogens with zero attached hydrogens (tertiary/aromatic N) is 2. The second-order valence-corrected chi connectivity index (χ2v) is 4.63. The quantitative estimate of drug-likeness (QED) is 0.746. The van der Waals surface area contributed by atoms with Crippen molar-refractivity contribution in [3.8, 4) is 0 Å². The first-order chi connectivity index (χ1) is 9.02. The third kappa shape index (κ3) is 5.54. The molecule has 0 spiro atoms. The highest BCUT2D eigenvalue weighted by molar-refractivity contribution is 5.92. The monoisotopic (exact) mass is 267 g/mol. The van der Waals surface area contributed by atoms with Gasteiger partial charge in [-0.15, -0.1) is 0 Å². The van der Waals surface area contributed by atoms with Gasteiger partial charge in [0, 0.05) is 26.2 Å². The average Bonchev–Trinajstić information content (AvgIpc) is 2.79. The second-order valence-electron chi connectivity index (χ2n) is 4.63. The fourth-order valence-electron chi connectivity index (χ4n) is 1.90. The lowest BCUT2D eigenvalue weighted by Gasteiger charge is -2.13. The fourth-order valence-corrected chi connectivity index (χ4v) is 1.90. The minimum absolute atomic E-state index is 0.186. The maximum atomic E-state index is 11.7. The molecule has 1 amide bonds. The molecule has 0 saturated carbocycles. The molecule has 0 fully saturated rings. The highest BCUT2D eigenvalue weighted by atomic mass is 16.4. The van der Waals surface area contributed by atoms with Crippen molar-refractivity contribution in [2.24, 2.45) is 13.0 Å². The van der Waals surface area contributed by atoms with E-state index in [1.54, 1.807) is 24.0 Å². The van der Waals surface area contributed by atoms with E-state index in [2.05, 4.69) is 10.4 Å². The zero-order chi connectivity index (χ0) is 14.3. The molecule has 1 atom stereocenters. The van der Waals surface area contributed by atoms with Crippen molar-refractivity contribution in [3.05, 3.63) is 18.0 Å². The number of hydrogen-bond acceptors (Lipinski definition) is 3. The smallest absolute Gasteiger partial charge is 0.303 e. The highest BCUT2D eigenvalue weighted by Crippen LogP contribution is 2.14. The minimum Gasteiger partial charge on any atom is -0.481 e. The summed E-state index contributed by atoms with van der Waals surface area (Å²) in [6.45, 7) is 2.58. The molecule has 0 bridgehead atoms. The van der Waals surface area contributed by atoms with Crippen molar-refractivity contribution >= 4 is 11.9 Å². The summed E-state index contributed by atoms with van der Waals surface area (Å²) < 4.78 is 1.58. The van der Waals surface area contributed by atoms with Gasteiger partial charge in [-0.3, -0.25) is 14.3 Å². The number of hydrogen-bond donors (Lipinski definition) is 2. The van der Waals surface area contributed by atoms with E-state index in [1.807, 2.05) is 6.92 Å². The molecule has 1 aromatic rings. The lowest BCUT2D eigenvalue weighted by Crippen LogP contribution is -2.26. The molecule has 1 unspecified atom stereocenters. The van der Waals surface area contributed by atoms with E-state index in [4.69, 9.17) is 5.11 Å². The van der Waals surface area contributed by atoms with Gasteiger partial charge in [0.05, 0.1) is 0 Å². The van der Waals surface area contributed by atoms with Gasteiger partial charge in [-0.25, -0.2) is 0 Å². The lowest BCUT2D eigenvalue weighted by atomic mass is 9.96. The van der Waals surface area contributed by atoms with Gasteiger partial charge in [0.15, 0.2) is 0 Å². The number of carbonyl (C=O) groups is 2. The van der Waals surface area contributed by atoms with Crippen molar-refractivity contribution in [1.29, 1.82) is 0 Å². The van der Waals surface area contributed by atoms with Crippen LogP contribution in [0.15, 0.2) is 12.3 Å². The van der Waals surface area contributed by atoms with Crippen LogP contribution >= 0.6 is 0 Å². The number of aromatic nitrogens is 2. The Hall–Kier alpha value is -1.85. The number of amides is 1. The van der Waals surface area contributed by atoms with E-state index in [0.717, 1.165) is 12.8 Å². The molecule has 19 heavy (non-hydrogen) atoms. The lowest BCUT2D eigenvalue weighted by molar-refractivity contribution is -0.137. The molecule has 0 radical (unpaired) electrons. The Morgan fingerprint density at radius 3 is 2.74 bits per heavy atom. The SMILES string of the molecule is CCC(CCNC(=O)c1ccn(C)n1)CCC(=O)O. The molecule has 2 N–H and O–H groups in total. The van der Waals surface area contributed by atoms with Crippen LogP contribution in [0.3, 0.4) is 0 Å². The summed E-state index contributed by atoms with van der Waals surface area (Å²) in [6, 6.07) is 1.66. The summed E-state index contributed by atoms with van der Waals surface area (Å²) in [7, 11) is 1.76. The average molecular weight is 267 g/mol. The van der Waals surface area contributed by atoms with E-state index in [9.17, 15) is 9.59 Å².